The molecule has 1 unspecified atom stereocenters. The van der Waals surface area contributed by atoms with E-state index in [9.17, 15) is 8.42 Å². The standard InChI is InChI=1S/C13H16N4O2S/c18-20(19)7-6-11(9-20)14-8-13-16-15-10-17(13)12-4-2-1-3-5-12/h1-5,10-11,14H,6-9H2. The van der Waals surface area contributed by atoms with Crippen LogP contribution in [0.15, 0.2) is 36.7 Å². The van der Waals surface area contributed by atoms with Crippen LogP contribution in [0.5, 0.6) is 0 Å². The average Bonchev–Trinajstić information content (AvgIpc) is 3.03. The highest BCUT2D eigenvalue weighted by Gasteiger charge is 2.27. The molecule has 0 amide bonds. The molecule has 1 aliphatic rings. The molecule has 1 aliphatic heterocycles. The zero-order valence-electron chi connectivity index (χ0n) is 10.9. The Morgan fingerprint density at radius 3 is 2.80 bits per heavy atom. The van der Waals surface area contributed by atoms with Gasteiger partial charge in [-0.25, -0.2) is 8.42 Å². The lowest BCUT2D eigenvalue weighted by Gasteiger charge is -2.11. The molecule has 1 saturated heterocycles. The van der Waals surface area contributed by atoms with Crippen molar-refractivity contribution >= 4 is 9.84 Å². The summed E-state index contributed by atoms with van der Waals surface area (Å²) in [5, 5.41) is 11.3. The normalized spacial score (nSPS) is 21.1. The van der Waals surface area contributed by atoms with Crippen molar-refractivity contribution in [3.63, 3.8) is 0 Å². The molecule has 0 aliphatic carbocycles. The van der Waals surface area contributed by atoms with E-state index in [1.165, 1.54) is 0 Å². The van der Waals surface area contributed by atoms with Gasteiger partial charge in [0, 0.05) is 11.7 Å². The van der Waals surface area contributed by atoms with Crippen LogP contribution in [0.1, 0.15) is 12.2 Å². The molecule has 2 aromatic rings. The molecule has 2 heterocycles. The van der Waals surface area contributed by atoms with Gasteiger partial charge in [-0.2, -0.15) is 0 Å². The highest BCUT2D eigenvalue weighted by Crippen LogP contribution is 2.13. The van der Waals surface area contributed by atoms with Crippen LogP contribution in [-0.2, 0) is 16.4 Å². The van der Waals surface area contributed by atoms with Crippen LogP contribution in [0.3, 0.4) is 0 Å². The molecule has 1 aromatic carbocycles. The minimum absolute atomic E-state index is 0.0147. The Morgan fingerprint density at radius 1 is 1.30 bits per heavy atom. The van der Waals surface area contributed by atoms with Gasteiger partial charge in [0.05, 0.1) is 18.1 Å². The van der Waals surface area contributed by atoms with Gasteiger partial charge in [0.25, 0.3) is 0 Å². The molecule has 0 bridgehead atoms. The third kappa shape index (κ3) is 2.88. The summed E-state index contributed by atoms with van der Waals surface area (Å²) in [4.78, 5) is 0. The van der Waals surface area contributed by atoms with E-state index in [1.807, 2.05) is 34.9 Å². The summed E-state index contributed by atoms with van der Waals surface area (Å²) >= 11 is 0. The Balaban J connectivity index is 1.69. The molecule has 1 N–H and O–H groups in total. The fraction of sp³-hybridized carbons (Fsp3) is 0.385. The summed E-state index contributed by atoms with van der Waals surface area (Å²) in [5.41, 5.74) is 0.994. The maximum Gasteiger partial charge on any atom is 0.151 e. The predicted molar refractivity (Wildman–Crippen MR) is 75.3 cm³/mol. The SMILES string of the molecule is O=S1(=O)CCC(NCc2nncn2-c2ccccc2)C1. The van der Waals surface area contributed by atoms with Crippen LogP contribution in [0, 0.1) is 0 Å². The van der Waals surface area contributed by atoms with Gasteiger partial charge in [-0.3, -0.25) is 4.57 Å². The first-order valence-electron chi connectivity index (χ1n) is 6.52. The Labute approximate surface area is 117 Å². The molecule has 0 saturated carbocycles. The molecule has 106 valence electrons. The Bertz CT molecular complexity index is 681. The number of rotatable bonds is 4. The lowest BCUT2D eigenvalue weighted by Crippen LogP contribution is -2.30. The molecule has 1 fully saturated rings. The summed E-state index contributed by atoms with van der Waals surface area (Å²) in [6.45, 7) is 0.509. The second-order valence-electron chi connectivity index (χ2n) is 4.93. The molecule has 7 heteroatoms. The maximum absolute atomic E-state index is 11.4. The minimum Gasteiger partial charge on any atom is -0.306 e. The summed E-state index contributed by atoms with van der Waals surface area (Å²) in [6, 6.07) is 9.84. The minimum atomic E-state index is -2.85. The molecule has 0 radical (unpaired) electrons. The van der Waals surface area contributed by atoms with Crippen LogP contribution in [0.25, 0.3) is 5.69 Å². The maximum atomic E-state index is 11.4. The first kappa shape index (κ1) is 13.3. The number of hydrogen-bond acceptors (Lipinski definition) is 5. The van der Waals surface area contributed by atoms with E-state index in [-0.39, 0.29) is 17.5 Å². The smallest absolute Gasteiger partial charge is 0.151 e. The van der Waals surface area contributed by atoms with Gasteiger partial charge in [0.2, 0.25) is 0 Å². The summed E-state index contributed by atoms with van der Waals surface area (Å²) in [5.74, 6) is 1.27. The van der Waals surface area contributed by atoms with Gasteiger partial charge in [0.1, 0.15) is 6.33 Å². The quantitative estimate of drug-likeness (QED) is 0.890. The second-order valence-corrected chi connectivity index (χ2v) is 7.16. The zero-order valence-corrected chi connectivity index (χ0v) is 11.8. The third-order valence-corrected chi connectivity index (χ3v) is 5.20. The van der Waals surface area contributed by atoms with Crippen molar-refractivity contribution in [1.29, 1.82) is 0 Å². The summed E-state index contributed by atoms with van der Waals surface area (Å²) < 4.78 is 24.7. The van der Waals surface area contributed by atoms with E-state index in [2.05, 4.69) is 15.5 Å². The predicted octanol–water partition coefficient (Wildman–Crippen LogP) is 0.544. The van der Waals surface area contributed by atoms with Gasteiger partial charge in [-0.05, 0) is 18.6 Å². The number of nitrogens with one attached hydrogen (secondary N) is 1. The number of hydrogen-bond donors (Lipinski definition) is 1. The zero-order chi connectivity index (χ0) is 14.0. The summed E-state index contributed by atoms with van der Waals surface area (Å²) in [6.07, 6.45) is 2.33. The van der Waals surface area contributed by atoms with Gasteiger partial charge >= 0.3 is 0 Å². The van der Waals surface area contributed by atoms with Gasteiger partial charge in [-0.15, -0.1) is 10.2 Å². The highest BCUT2D eigenvalue weighted by atomic mass is 32.2. The van der Waals surface area contributed by atoms with E-state index < -0.39 is 9.84 Å². The monoisotopic (exact) mass is 292 g/mol. The van der Waals surface area contributed by atoms with Crippen LogP contribution in [0.4, 0.5) is 0 Å². The molecule has 6 nitrogen and oxygen atoms in total. The van der Waals surface area contributed by atoms with Crippen molar-refractivity contribution in [2.45, 2.75) is 19.0 Å². The number of benzene rings is 1. The van der Waals surface area contributed by atoms with E-state index in [1.54, 1.807) is 6.33 Å². The highest BCUT2D eigenvalue weighted by molar-refractivity contribution is 7.91. The van der Waals surface area contributed by atoms with Crippen molar-refractivity contribution in [2.75, 3.05) is 11.5 Å². The molecular weight excluding hydrogens is 276 g/mol. The van der Waals surface area contributed by atoms with Crippen molar-refractivity contribution in [3.8, 4) is 5.69 Å². The van der Waals surface area contributed by atoms with Crippen molar-refractivity contribution < 1.29 is 8.42 Å². The van der Waals surface area contributed by atoms with E-state index >= 15 is 0 Å². The van der Waals surface area contributed by atoms with Crippen LogP contribution >= 0.6 is 0 Å². The average molecular weight is 292 g/mol. The Kier molecular flexibility index (Phi) is 3.54. The van der Waals surface area contributed by atoms with Crippen LogP contribution < -0.4 is 5.32 Å². The van der Waals surface area contributed by atoms with Crippen LogP contribution in [0.2, 0.25) is 0 Å². The molecule has 3 rings (SSSR count). The van der Waals surface area contributed by atoms with Crippen LogP contribution in [-0.4, -0.2) is 40.7 Å². The fourth-order valence-electron chi connectivity index (χ4n) is 2.38. The van der Waals surface area contributed by atoms with Crippen molar-refractivity contribution in [1.82, 2.24) is 20.1 Å². The molecule has 0 spiro atoms. The molecule has 1 aromatic heterocycles. The summed E-state index contributed by atoms with van der Waals surface area (Å²) in [7, 11) is -2.85. The Hall–Kier alpha value is -1.73. The second kappa shape index (κ2) is 5.34. The molecular formula is C13H16N4O2S. The molecule has 20 heavy (non-hydrogen) atoms. The van der Waals surface area contributed by atoms with E-state index in [0.717, 1.165) is 11.5 Å². The number of aromatic nitrogens is 3. The molecule has 1 atom stereocenters. The van der Waals surface area contributed by atoms with Gasteiger partial charge in [-0.1, -0.05) is 18.2 Å². The Morgan fingerprint density at radius 2 is 2.10 bits per heavy atom. The lowest BCUT2D eigenvalue weighted by molar-refractivity contribution is 0.538. The van der Waals surface area contributed by atoms with E-state index in [0.29, 0.717) is 13.0 Å². The topological polar surface area (TPSA) is 76.9 Å². The van der Waals surface area contributed by atoms with E-state index in [4.69, 9.17) is 0 Å². The lowest BCUT2D eigenvalue weighted by atomic mass is 10.2. The van der Waals surface area contributed by atoms with Gasteiger partial charge < -0.3 is 5.32 Å². The van der Waals surface area contributed by atoms with Crippen molar-refractivity contribution in [3.05, 3.63) is 42.5 Å². The number of para-hydroxylation sites is 1. The third-order valence-electron chi connectivity index (χ3n) is 3.43. The first-order chi connectivity index (χ1) is 9.64. The van der Waals surface area contributed by atoms with Crippen molar-refractivity contribution in [2.24, 2.45) is 0 Å². The number of sulfone groups is 1. The van der Waals surface area contributed by atoms with Gasteiger partial charge in [0.15, 0.2) is 15.7 Å². The fourth-order valence-corrected chi connectivity index (χ4v) is 4.08. The number of nitrogens with zero attached hydrogens (tertiary/aromatic N) is 3. The largest absolute Gasteiger partial charge is 0.306 e. The first-order valence-corrected chi connectivity index (χ1v) is 8.34.